The molecule has 0 atom stereocenters. The Hall–Kier alpha value is -1.10. The average Bonchev–Trinajstić information content (AvgIpc) is 2.52. The summed E-state index contributed by atoms with van der Waals surface area (Å²) in [6, 6.07) is 0. The molecule has 0 aromatic heterocycles. The molecule has 1 amide bonds. The second-order valence-electron chi connectivity index (χ2n) is 5.80. The molecule has 2 rings (SSSR count). The lowest BCUT2D eigenvalue weighted by atomic mass is 9.89. The van der Waals surface area contributed by atoms with Crippen LogP contribution in [0.15, 0.2) is 0 Å². The van der Waals surface area contributed by atoms with Crippen LogP contribution in [0.1, 0.15) is 44.9 Å². The SMILES string of the molecule is O=C(COC(=O)C1CCOCC1)NCC1CCCCC1. The number of nitrogens with one attached hydrogen (secondary N) is 1. The summed E-state index contributed by atoms with van der Waals surface area (Å²) in [5.74, 6) is 0.0471. The third kappa shape index (κ3) is 5.12. The number of hydrogen-bond acceptors (Lipinski definition) is 4. The first-order valence-corrected chi connectivity index (χ1v) is 7.77. The molecule has 1 heterocycles. The van der Waals surface area contributed by atoms with E-state index in [1.54, 1.807) is 0 Å². The lowest BCUT2D eigenvalue weighted by Crippen LogP contribution is -2.35. The summed E-state index contributed by atoms with van der Waals surface area (Å²) in [7, 11) is 0. The standard InChI is InChI=1S/C15H25NO4/c17-14(16-10-12-4-2-1-3-5-12)11-20-15(18)13-6-8-19-9-7-13/h12-13H,1-11H2,(H,16,17). The summed E-state index contributed by atoms with van der Waals surface area (Å²) in [4.78, 5) is 23.4. The molecule has 1 aliphatic carbocycles. The van der Waals surface area contributed by atoms with E-state index in [2.05, 4.69) is 5.32 Å². The Kier molecular flexibility index (Phi) is 6.30. The highest BCUT2D eigenvalue weighted by Gasteiger charge is 2.23. The van der Waals surface area contributed by atoms with E-state index in [0.717, 1.165) is 0 Å². The molecule has 0 radical (unpaired) electrons. The second kappa shape index (κ2) is 8.25. The number of hydrogen-bond donors (Lipinski definition) is 1. The van der Waals surface area contributed by atoms with Crippen LogP contribution in [0, 0.1) is 11.8 Å². The van der Waals surface area contributed by atoms with Gasteiger partial charge in [-0.3, -0.25) is 9.59 Å². The Balaban J connectivity index is 1.58. The Labute approximate surface area is 120 Å². The highest BCUT2D eigenvalue weighted by Crippen LogP contribution is 2.22. The van der Waals surface area contributed by atoms with E-state index >= 15 is 0 Å². The number of ether oxygens (including phenoxy) is 2. The minimum absolute atomic E-state index is 0.102. The highest BCUT2D eigenvalue weighted by molar-refractivity contribution is 5.81. The maximum absolute atomic E-state index is 11.8. The minimum Gasteiger partial charge on any atom is -0.455 e. The van der Waals surface area contributed by atoms with E-state index in [9.17, 15) is 9.59 Å². The Morgan fingerprint density at radius 3 is 2.45 bits per heavy atom. The fourth-order valence-corrected chi connectivity index (χ4v) is 2.89. The van der Waals surface area contributed by atoms with Crippen molar-refractivity contribution in [3.05, 3.63) is 0 Å². The molecule has 1 saturated heterocycles. The molecule has 0 aromatic rings. The van der Waals surface area contributed by atoms with Gasteiger partial charge >= 0.3 is 5.97 Å². The summed E-state index contributed by atoms with van der Waals surface area (Å²) >= 11 is 0. The van der Waals surface area contributed by atoms with E-state index in [1.807, 2.05) is 0 Å². The molecule has 5 heteroatoms. The van der Waals surface area contributed by atoms with Crippen molar-refractivity contribution in [2.24, 2.45) is 11.8 Å². The lowest BCUT2D eigenvalue weighted by molar-refractivity contribution is -0.155. The van der Waals surface area contributed by atoms with Gasteiger partial charge in [0.1, 0.15) is 0 Å². The Morgan fingerprint density at radius 1 is 1.05 bits per heavy atom. The third-order valence-corrected chi connectivity index (χ3v) is 4.21. The van der Waals surface area contributed by atoms with Crippen LogP contribution in [0.5, 0.6) is 0 Å². The molecule has 0 aromatic carbocycles. The van der Waals surface area contributed by atoms with E-state index < -0.39 is 0 Å². The monoisotopic (exact) mass is 283 g/mol. The van der Waals surface area contributed by atoms with Crippen LogP contribution in [0.4, 0.5) is 0 Å². The van der Waals surface area contributed by atoms with Crippen LogP contribution < -0.4 is 5.32 Å². The molecular weight excluding hydrogens is 258 g/mol. The van der Waals surface area contributed by atoms with Crippen molar-refractivity contribution in [2.75, 3.05) is 26.4 Å². The number of esters is 1. The van der Waals surface area contributed by atoms with Crippen molar-refractivity contribution in [3.8, 4) is 0 Å². The van der Waals surface area contributed by atoms with Gasteiger partial charge in [-0.1, -0.05) is 19.3 Å². The zero-order valence-corrected chi connectivity index (χ0v) is 12.1. The van der Waals surface area contributed by atoms with Crippen molar-refractivity contribution >= 4 is 11.9 Å². The van der Waals surface area contributed by atoms with Gasteiger partial charge < -0.3 is 14.8 Å². The molecule has 1 saturated carbocycles. The van der Waals surface area contributed by atoms with Gasteiger partial charge in [0, 0.05) is 19.8 Å². The van der Waals surface area contributed by atoms with Gasteiger partial charge in [0.2, 0.25) is 0 Å². The minimum atomic E-state index is -0.263. The topological polar surface area (TPSA) is 64.6 Å². The maximum Gasteiger partial charge on any atom is 0.309 e. The van der Waals surface area contributed by atoms with E-state index in [-0.39, 0.29) is 24.4 Å². The molecule has 0 spiro atoms. The average molecular weight is 283 g/mol. The molecule has 0 bridgehead atoms. The van der Waals surface area contributed by atoms with Crippen LogP contribution in [-0.2, 0) is 19.1 Å². The smallest absolute Gasteiger partial charge is 0.309 e. The highest BCUT2D eigenvalue weighted by atomic mass is 16.5. The van der Waals surface area contributed by atoms with Crippen molar-refractivity contribution in [3.63, 3.8) is 0 Å². The van der Waals surface area contributed by atoms with Crippen LogP contribution in [-0.4, -0.2) is 38.2 Å². The quantitative estimate of drug-likeness (QED) is 0.779. The normalized spacial score (nSPS) is 21.4. The number of amides is 1. The van der Waals surface area contributed by atoms with Gasteiger partial charge in [0.15, 0.2) is 6.61 Å². The number of rotatable bonds is 5. The van der Waals surface area contributed by atoms with Crippen LogP contribution in [0.2, 0.25) is 0 Å². The number of carbonyl (C=O) groups excluding carboxylic acids is 2. The summed E-state index contributed by atoms with van der Waals surface area (Å²) in [5, 5.41) is 2.87. The Bertz CT molecular complexity index is 320. The van der Waals surface area contributed by atoms with Crippen molar-refractivity contribution in [1.29, 1.82) is 0 Å². The molecule has 20 heavy (non-hydrogen) atoms. The first kappa shape index (κ1) is 15.3. The van der Waals surface area contributed by atoms with Crippen LogP contribution in [0.3, 0.4) is 0 Å². The van der Waals surface area contributed by atoms with Gasteiger partial charge in [0.25, 0.3) is 5.91 Å². The molecule has 0 unspecified atom stereocenters. The predicted octanol–water partition coefficient (Wildman–Crippen LogP) is 1.65. The molecule has 2 aliphatic rings. The van der Waals surface area contributed by atoms with Crippen molar-refractivity contribution in [1.82, 2.24) is 5.32 Å². The first-order chi connectivity index (χ1) is 9.75. The fourth-order valence-electron chi connectivity index (χ4n) is 2.89. The lowest BCUT2D eigenvalue weighted by Gasteiger charge is -2.22. The first-order valence-electron chi connectivity index (χ1n) is 7.77. The second-order valence-corrected chi connectivity index (χ2v) is 5.80. The summed E-state index contributed by atoms with van der Waals surface area (Å²) < 4.78 is 10.3. The van der Waals surface area contributed by atoms with Gasteiger partial charge in [0.05, 0.1) is 5.92 Å². The molecule has 2 fully saturated rings. The number of carbonyl (C=O) groups is 2. The maximum atomic E-state index is 11.8. The predicted molar refractivity (Wildman–Crippen MR) is 74.1 cm³/mol. The van der Waals surface area contributed by atoms with Crippen LogP contribution >= 0.6 is 0 Å². The largest absolute Gasteiger partial charge is 0.455 e. The fraction of sp³-hybridized carbons (Fsp3) is 0.867. The van der Waals surface area contributed by atoms with E-state index in [0.29, 0.717) is 38.5 Å². The zero-order chi connectivity index (χ0) is 14.2. The summed E-state index contributed by atoms with van der Waals surface area (Å²) in [6.45, 7) is 1.78. The summed E-state index contributed by atoms with van der Waals surface area (Å²) in [6.07, 6.45) is 7.63. The van der Waals surface area contributed by atoms with E-state index in [4.69, 9.17) is 9.47 Å². The molecule has 1 N–H and O–H groups in total. The van der Waals surface area contributed by atoms with Crippen molar-refractivity contribution < 1.29 is 19.1 Å². The molecule has 114 valence electrons. The Morgan fingerprint density at radius 2 is 1.75 bits per heavy atom. The van der Waals surface area contributed by atoms with Gasteiger partial charge in [-0.05, 0) is 31.6 Å². The molecule has 5 nitrogen and oxygen atoms in total. The van der Waals surface area contributed by atoms with Gasteiger partial charge in [-0.15, -0.1) is 0 Å². The zero-order valence-electron chi connectivity index (χ0n) is 12.1. The van der Waals surface area contributed by atoms with Crippen molar-refractivity contribution in [2.45, 2.75) is 44.9 Å². The van der Waals surface area contributed by atoms with E-state index in [1.165, 1.54) is 32.1 Å². The molecular formula is C15H25NO4. The molecule has 1 aliphatic heterocycles. The third-order valence-electron chi connectivity index (χ3n) is 4.21. The van der Waals surface area contributed by atoms with Crippen LogP contribution in [0.25, 0.3) is 0 Å². The van der Waals surface area contributed by atoms with Gasteiger partial charge in [-0.25, -0.2) is 0 Å². The van der Waals surface area contributed by atoms with Gasteiger partial charge in [-0.2, -0.15) is 0 Å². The summed E-state index contributed by atoms with van der Waals surface area (Å²) in [5.41, 5.74) is 0.